The van der Waals surface area contributed by atoms with E-state index in [1.54, 1.807) is 18.5 Å². The minimum Gasteiger partial charge on any atom is -0.344 e. The van der Waals surface area contributed by atoms with Gasteiger partial charge in [-0.3, -0.25) is 4.79 Å². The highest BCUT2D eigenvalue weighted by molar-refractivity contribution is 7.17. The molecule has 130 valence electrons. The molecule has 3 heterocycles. The molecule has 4 rings (SSSR count). The first kappa shape index (κ1) is 16.3. The summed E-state index contributed by atoms with van der Waals surface area (Å²) in [5, 5.41) is 3.57. The summed E-state index contributed by atoms with van der Waals surface area (Å²) in [6.07, 6.45) is 3.31. The summed E-state index contributed by atoms with van der Waals surface area (Å²) >= 11 is 1.29. The number of carbonyl (C=O) groups is 1. The van der Waals surface area contributed by atoms with Crippen LogP contribution < -0.4 is 5.32 Å². The van der Waals surface area contributed by atoms with Crippen molar-refractivity contribution < 1.29 is 4.79 Å². The molecule has 0 saturated carbocycles. The van der Waals surface area contributed by atoms with E-state index in [0.717, 1.165) is 16.9 Å². The molecule has 0 bridgehead atoms. The van der Waals surface area contributed by atoms with Crippen LogP contribution in [0.15, 0.2) is 42.7 Å². The van der Waals surface area contributed by atoms with Crippen LogP contribution in [-0.4, -0.2) is 30.4 Å². The quantitative estimate of drug-likeness (QED) is 0.602. The third kappa shape index (κ3) is 2.95. The fourth-order valence-corrected chi connectivity index (χ4v) is 3.64. The molecular weight excluding hydrogens is 348 g/mol. The fraction of sp³-hybridized carbons (Fsp3) is 0.167. The van der Waals surface area contributed by atoms with E-state index in [9.17, 15) is 4.79 Å². The number of aryl methyl sites for hydroxylation is 2. The number of aromatic nitrogens is 5. The minimum absolute atomic E-state index is 0.172. The van der Waals surface area contributed by atoms with Crippen LogP contribution in [0.1, 0.15) is 21.2 Å². The molecule has 0 radical (unpaired) electrons. The summed E-state index contributed by atoms with van der Waals surface area (Å²) in [5.74, 6) is 1.15. The Kier molecular flexibility index (Phi) is 4.18. The van der Waals surface area contributed by atoms with Gasteiger partial charge in [0.2, 0.25) is 0 Å². The molecule has 3 aromatic heterocycles. The van der Waals surface area contributed by atoms with Gasteiger partial charge in [-0.2, -0.15) is 0 Å². The van der Waals surface area contributed by atoms with Gasteiger partial charge in [-0.25, -0.2) is 19.9 Å². The summed E-state index contributed by atoms with van der Waals surface area (Å²) in [7, 11) is 1.94. The topological polar surface area (TPSA) is 85.6 Å². The van der Waals surface area contributed by atoms with Crippen LogP contribution in [0.4, 0.5) is 0 Å². The Labute approximate surface area is 153 Å². The highest BCUT2D eigenvalue weighted by Gasteiger charge is 2.18. The van der Waals surface area contributed by atoms with Crippen molar-refractivity contribution in [3.63, 3.8) is 0 Å². The summed E-state index contributed by atoms with van der Waals surface area (Å²) in [4.78, 5) is 30.5. The maximum absolute atomic E-state index is 12.6. The number of thiazole rings is 1. The second-order valence-corrected chi connectivity index (χ2v) is 6.76. The lowest BCUT2D eigenvalue weighted by molar-refractivity contribution is 0.0953. The normalized spacial score (nSPS) is 11.0. The van der Waals surface area contributed by atoms with Crippen molar-refractivity contribution in [3.05, 3.63) is 59.1 Å². The average molecular weight is 364 g/mol. The molecule has 8 heteroatoms. The lowest BCUT2D eigenvalue weighted by Gasteiger charge is -2.04. The number of nitrogens with zero attached hydrogens (tertiary/aromatic N) is 5. The largest absolute Gasteiger partial charge is 0.344 e. The van der Waals surface area contributed by atoms with Crippen LogP contribution in [0.25, 0.3) is 21.9 Å². The SMILES string of the molecule is Cc1nc(-c2ncccn2)sc1C(=O)NCc1nc2ccccc2n1C. The Morgan fingerprint density at radius 1 is 1.15 bits per heavy atom. The van der Waals surface area contributed by atoms with Gasteiger partial charge in [-0.15, -0.1) is 11.3 Å². The summed E-state index contributed by atoms with van der Waals surface area (Å²) in [6, 6.07) is 9.63. The molecular formula is C18H16N6OS. The first-order valence-electron chi connectivity index (χ1n) is 8.07. The van der Waals surface area contributed by atoms with Crippen molar-refractivity contribution >= 4 is 28.3 Å². The number of fused-ring (bicyclic) bond motifs is 1. The van der Waals surface area contributed by atoms with Crippen LogP contribution in [-0.2, 0) is 13.6 Å². The molecule has 1 N–H and O–H groups in total. The van der Waals surface area contributed by atoms with E-state index in [4.69, 9.17) is 0 Å². The number of hydrogen-bond acceptors (Lipinski definition) is 6. The Balaban J connectivity index is 1.53. The van der Waals surface area contributed by atoms with Crippen molar-refractivity contribution in [2.75, 3.05) is 0 Å². The van der Waals surface area contributed by atoms with E-state index in [1.807, 2.05) is 42.8 Å². The highest BCUT2D eigenvalue weighted by Crippen LogP contribution is 2.25. The predicted octanol–water partition coefficient (Wildman–Crippen LogP) is 2.73. The molecule has 0 saturated heterocycles. The number of para-hydroxylation sites is 2. The standard InChI is InChI=1S/C18H16N6OS/c1-11-15(26-18(22-11)16-19-8-5-9-20-16)17(25)21-10-14-23-12-6-3-4-7-13(12)24(14)2/h3-9H,10H2,1-2H3,(H,21,25). The number of benzene rings is 1. The van der Waals surface area contributed by atoms with Gasteiger partial charge in [0.25, 0.3) is 5.91 Å². The maximum atomic E-state index is 12.6. The number of nitrogens with one attached hydrogen (secondary N) is 1. The van der Waals surface area contributed by atoms with E-state index < -0.39 is 0 Å². The monoisotopic (exact) mass is 364 g/mol. The predicted molar refractivity (Wildman–Crippen MR) is 99.8 cm³/mol. The molecule has 0 spiro atoms. The first-order chi connectivity index (χ1) is 12.6. The van der Waals surface area contributed by atoms with Crippen LogP contribution in [0, 0.1) is 6.92 Å². The Bertz CT molecular complexity index is 1090. The second kappa shape index (κ2) is 6.64. The fourth-order valence-electron chi connectivity index (χ4n) is 2.71. The van der Waals surface area contributed by atoms with Crippen LogP contribution in [0.2, 0.25) is 0 Å². The molecule has 7 nitrogen and oxygen atoms in total. The van der Waals surface area contributed by atoms with Crippen molar-refractivity contribution in [1.82, 2.24) is 29.8 Å². The van der Waals surface area contributed by atoms with Gasteiger partial charge in [0.1, 0.15) is 10.7 Å². The van der Waals surface area contributed by atoms with Gasteiger partial charge in [0.15, 0.2) is 10.8 Å². The molecule has 0 unspecified atom stereocenters. The molecule has 0 aliphatic rings. The Hall–Kier alpha value is -3.13. The van der Waals surface area contributed by atoms with Crippen molar-refractivity contribution in [3.8, 4) is 10.8 Å². The molecule has 1 amide bonds. The van der Waals surface area contributed by atoms with Crippen molar-refractivity contribution in [2.45, 2.75) is 13.5 Å². The smallest absolute Gasteiger partial charge is 0.263 e. The average Bonchev–Trinajstić information content (AvgIpc) is 3.21. The molecule has 0 fully saturated rings. The van der Waals surface area contributed by atoms with Gasteiger partial charge in [-0.05, 0) is 25.1 Å². The summed E-state index contributed by atoms with van der Waals surface area (Å²) in [6.45, 7) is 2.16. The zero-order valence-electron chi connectivity index (χ0n) is 14.3. The number of amides is 1. The van der Waals surface area contributed by atoms with Crippen molar-refractivity contribution in [1.29, 1.82) is 0 Å². The third-order valence-electron chi connectivity index (χ3n) is 4.05. The number of imidazole rings is 1. The summed E-state index contributed by atoms with van der Waals surface area (Å²) in [5.41, 5.74) is 2.62. The first-order valence-corrected chi connectivity index (χ1v) is 8.88. The van der Waals surface area contributed by atoms with E-state index in [-0.39, 0.29) is 5.91 Å². The molecule has 0 aliphatic carbocycles. The zero-order valence-corrected chi connectivity index (χ0v) is 15.1. The van der Waals surface area contributed by atoms with E-state index in [2.05, 4.69) is 25.3 Å². The molecule has 1 aromatic carbocycles. The Morgan fingerprint density at radius 2 is 1.92 bits per heavy atom. The second-order valence-electron chi connectivity index (χ2n) is 5.76. The lowest BCUT2D eigenvalue weighted by atomic mass is 10.3. The van der Waals surface area contributed by atoms with Gasteiger partial charge in [0, 0.05) is 19.4 Å². The van der Waals surface area contributed by atoms with E-state index in [0.29, 0.717) is 27.9 Å². The molecule has 4 aromatic rings. The zero-order chi connectivity index (χ0) is 18.1. The highest BCUT2D eigenvalue weighted by atomic mass is 32.1. The van der Waals surface area contributed by atoms with Crippen LogP contribution in [0.3, 0.4) is 0 Å². The van der Waals surface area contributed by atoms with Crippen LogP contribution in [0.5, 0.6) is 0 Å². The van der Waals surface area contributed by atoms with Gasteiger partial charge < -0.3 is 9.88 Å². The van der Waals surface area contributed by atoms with Crippen LogP contribution >= 0.6 is 11.3 Å². The van der Waals surface area contributed by atoms with E-state index in [1.165, 1.54) is 11.3 Å². The third-order valence-corrected chi connectivity index (χ3v) is 5.20. The lowest BCUT2D eigenvalue weighted by Crippen LogP contribution is -2.24. The number of rotatable bonds is 4. The number of carbonyl (C=O) groups excluding carboxylic acids is 1. The molecule has 0 aliphatic heterocycles. The van der Waals surface area contributed by atoms with E-state index >= 15 is 0 Å². The summed E-state index contributed by atoms with van der Waals surface area (Å²) < 4.78 is 1.98. The maximum Gasteiger partial charge on any atom is 0.263 e. The minimum atomic E-state index is -0.172. The van der Waals surface area contributed by atoms with Gasteiger partial charge in [-0.1, -0.05) is 12.1 Å². The number of hydrogen-bond donors (Lipinski definition) is 1. The molecule has 26 heavy (non-hydrogen) atoms. The van der Waals surface area contributed by atoms with Gasteiger partial charge in [0.05, 0.1) is 23.3 Å². The van der Waals surface area contributed by atoms with Crippen molar-refractivity contribution in [2.24, 2.45) is 7.05 Å². The Morgan fingerprint density at radius 3 is 2.69 bits per heavy atom. The van der Waals surface area contributed by atoms with Gasteiger partial charge >= 0.3 is 0 Å². The molecule has 0 atom stereocenters.